The van der Waals surface area contributed by atoms with Gasteiger partial charge in [0.25, 0.3) is 0 Å². The molecule has 8 heteroatoms. The lowest BCUT2D eigenvalue weighted by molar-refractivity contribution is -0.134. The van der Waals surface area contributed by atoms with Crippen LogP contribution in [0.4, 0.5) is 0 Å². The summed E-state index contributed by atoms with van der Waals surface area (Å²) >= 11 is 14.9. The second-order valence-electron chi connectivity index (χ2n) is 4.95. The molecule has 2 aromatic carbocycles. The number of benzene rings is 2. The number of carboxylic acids is 1. The van der Waals surface area contributed by atoms with Crippen molar-refractivity contribution in [3.8, 4) is 11.5 Å². The summed E-state index contributed by atoms with van der Waals surface area (Å²) in [4.78, 5) is 23.0. The Balaban J connectivity index is 1.84. The normalized spacial score (nSPS) is 10.4. The molecule has 0 heterocycles. The number of aromatic carboxylic acids is 1. The fraction of sp³-hybridized carbons (Fsp3) is 0.176. The van der Waals surface area contributed by atoms with Crippen molar-refractivity contribution in [1.29, 1.82) is 0 Å². The van der Waals surface area contributed by atoms with E-state index in [1.807, 2.05) is 0 Å². The van der Waals surface area contributed by atoms with E-state index < -0.39 is 11.9 Å². The van der Waals surface area contributed by atoms with Gasteiger partial charge in [-0.15, -0.1) is 0 Å². The average Bonchev–Trinajstić information content (AvgIpc) is 2.54. The van der Waals surface area contributed by atoms with Crippen molar-refractivity contribution >= 4 is 51.1 Å². The predicted molar refractivity (Wildman–Crippen MR) is 97.9 cm³/mol. The van der Waals surface area contributed by atoms with E-state index in [2.05, 4.69) is 15.9 Å². The van der Waals surface area contributed by atoms with E-state index in [4.69, 9.17) is 37.8 Å². The van der Waals surface area contributed by atoms with E-state index in [-0.39, 0.29) is 24.3 Å². The Labute approximate surface area is 162 Å². The largest absolute Gasteiger partial charge is 0.492 e. The van der Waals surface area contributed by atoms with Gasteiger partial charge in [0.2, 0.25) is 0 Å². The van der Waals surface area contributed by atoms with Gasteiger partial charge in [-0.1, -0.05) is 39.1 Å². The maximum Gasteiger partial charge on any atom is 0.339 e. The molecule has 0 atom stereocenters. The van der Waals surface area contributed by atoms with Gasteiger partial charge >= 0.3 is 11.9 Å². The molecule has 0 saturated carbocycles. The first-order valence-corrected chi connectivity index (χ1v) is 8.73. The Bertz CT molecular complexity index is 795. The van der Waals surface area contributed by atoms with Crippen LogP contribution < -0.4 is 9.47 Å². The summed E-state index contributed by atoms with van der Waals surface area (Å²) in [5, 5.41) is 10.0. The third-order valence-electron chi connectivity index (χ3n) is 3.07. The van der Waals surface area contributed by atoms with Crippen molar-refractivity contribution < 1.29 is 24.2 Å². The first kappa shape index (κ1) is 19.6. The number of hydrogen-bond acceptors (Lipinski definition) is 4. The SMILES string of the molecule is O=C(CCCOc1ccc(Cl)cc1Cl)Oc1ccc(Br)cc1C(=O)O. The molecule has 0 aliphatic carbocycles. The average molecular weight is 448 g/mol. The maximum absolute atomic E-state index is 11.9. The smallest absolute Gasteiger partial charge is 0.339 e. The van der Waals surface area contributed by atoms with Gasteiger partial charge in [0.1, 0.15) is 17.1 Å². The van der Waals surface area contributed by atoms with E-state index >= 15 is 0 Å². The molecule has 5 nitrogen and oxygen atoms in total. The molecule has 0 amide bonds. The molecule has 0 aliphatic rings. The second kappa shape index (κ2) is 9.08. The van der Waals surface area contributed by atoms with Crippen molar-refractivity contribution in [1.82, 2.24) is 0 Å². The van der Waals surface area contributed by atoms with Crippen LogP contribution in [0.5, 0.6) is 11.5 Å². The van der Waals surface area contributed by atoms with E-state index in [0.29, 0.717) is 26.7 Å². The highest BCUT2D eigenvalue weighted by Crippen LogP contribution is 2.28. The van der Waals surface area contributed by atoms with Gasteiger partial charge in [-0.05, 0) is 42.8 Å². The van der Waals surface area contributed by atoms with Crippen molar-refractivity contribution in [3.05, 3.63) is 56.5 Å². The number of carboxylic acid groups (broad SMARTS) is 1. The zero-order valence-electron chi connectivity index (χ0n) is 12.8. The first-order valence-electron chi connectivity index (χ1n) is 7.18. The molecular weight excluding hydrogens is 435 g/mol. The highest BCUT2D eigenvalue weighted by Gasteiger charge is 2.15. The molecule has 132 valence electrons. The Morgan fingerprint density at radius 3 is 2.48 bits per heavy atom. The number of rotatable bonds is 7. The molecule has 0 aromatic heterocycles. The molecule has 1 N–H and O–H groups in total. The minimum Gasteiger partial charge on any atom is -0.492 e. The Kier molecular flexibility index (Phi) is 7.11. The quantitative estimate of drug-likeness (QED) is 0.358. The highest BCUT2D eigenvalue weighted by atomic mass is 79.9. The lowest BCUT2D eigenvalue weighted by Gasteiger charge is -2.09. The van der Waals surface area contributed by atoms with E-state index in [1.165, 1.54) is 12.1 Å². The molecule has 0 radical (unpaired) electrons. The molecule has 0 unspecified atom stereocenters. The molecule has 0 bridgehead atoms. The van der Waals surface area contributed by atoms with Crippen LogP contribution in [0.25, 0.3) is 0 Å². The fourth-order valence-corrected chi connectivity index (χ4v) is 2.75. The lowest BCUT2D eigenvalue weighted by Crippen LogP contribution is -2.12. The number of esters is 1. The minimum atomic E-state index is -1.18. The number of carbonyl (C=O) groups is 2. The van der Waals surface area contributed by atoms with Crippen molar-refractivity contribution in [3.63, 3.8) is 0 Å². The topological polar surface area (TPSA) is 72.8 Å². The summed E-state index contributed by atoms with van der Waals surface area (Å²) in [7, 11) is 0. The van der Waals surface area contributed by atoms with Gasteiger partial charge in [0.15, 0.2) is 0 Å². The van der Waals surface area contributed by atoms with Crippen LogP contribution in [-0.2, 0) is 4.79 Å². The summed E-state index contributed by atoms with van der Waals surface area (Å²) in [5.41, 5.74) is -0.0908. The van der Waals surface area contributed by atoms with Crippen LogP contribution in [0.3, 0.4) is 0 Å². The second-order valence-corrected chi connectivity index (χ2v) is 6.71. The van der Waals surface area contributed by atoms with E-state index in [1.54, 1.807) is 24.3 Å². The minimum absolute atomic E-state index is 0.00219. The molecule has 0 fully saturated rings. The zero-order valence-corrected chi connectivity index (χ0v) is 15.9. The van der Waals surface area contributed by atoms with Gasteiger partial charge in [-0.2, -0.15) is 0 Å². The van der Waals surface area contributed by atoms with Crippen molar-refractivity contribution in [2.24, 2.45) is 0 Å². The van der Waals surface area contributed by atoms with Crippen LogP contribution in [0.15, 0.2) is 40.9 Å². The van der Waals surface area contributed by atoms with Crippen molar-refractivity contribution in [2.75, 3.05) is 6.61 Å². The molecule has 2 aromatic rings. The van der Waals surface area contributed by atoms with E-state index in [0.717, 1.165) is 0 Å². The van der Waals surface area contributed by atoms with Crippen LogP contribution in [0, 0.1) is 0 Å². The Morgan fingerprint density at radius 2 is 1.80 bits per heavy atom. The highest BCUT2D eigenvalue weighted by molar-refractivity contribution is 9.10. The Morgan fingerprint density at radius 1 is 1.08 bits per heavy atom. The van der Waals surface area contributed by atoms with Gasteiger partial charge < -0.3 is 14.6 Å². The molecule has 2 rings (SSSR count). The van der Waals surface area contributed by atoms with Crippen LogP contribution in [-0.4, -0.2) is 23.7 Å². The lowest BCUT2D eigenvalue weighted by atomic mass is 10.2. The third-order valence-corrected chi connectivity index (χ3v) is 4.10. The van der Waals surface area contributed by atoms with Gasteiger partial charge in [0, 0.05) is 15.9 Å². The van der Waals surface area contributed by atoms with E-state index in [9.17, 15) is 9.59 Å². The van der Waals surface area contributed by atoms with Crippen molar-refractivity contribution in [2.45, 2.75) is 12.8 Å². The fourth-order valence-electron chi connectivity index (χ4n) is 1.92. The van der Waals surface area contributed by atoms with Crippen LogP contribution in [0.2, 0.25) is 10.0 Å². The predicted octanol–water partition coefficient (Wildman–Crippen LogP) is 5.22. The summed E-state index contributed by atoms with van der Waals surface area (Å²) in [5.74, 6) is -1.25. The monoisotopic (exact) mass is 446 g/mol. The van der Waals surface area contributed by atoms with Crippen LogP contribution in [0.1, 0.15) is 23.2 Å². The first-order chi connectivity index (χ1) is 11.9. The molecule has 0 spiro atoms. The number of carbonyl (C=O) groups excluding carboxylic acids is 1. The van der Waals surface area contributed by atoms with Gasteiger partial charge in [-0.3, -0.25) is 4.79 Å². The Hall–Kier alpha value is -1.76. The third kappa shape index (κ3) is 5.92. The number of halogens is 3. The molecule has 0 aliphatic heterocycles. The van der Waals surface area contributed by atoms with Gasteiger partial charge in [0.05, 0.1) is 11.6 Å². The summed E-state index contributed by atoms with van der Waals surface area (Å²) in [6.07, 6.45) is 0.455. The number of ether oxygens (including phenoxy) is 2. The standard InChI is InChI=1S/C17H13BrCl2O5/c18-10-3-5-14(12(8-10)17(22)23)25-16(21)2-1-7-24-15-6-4-11(19)9-13(15)20/h3-6,8-9H,1-2,7H2,(H,22,23). The summed E-state index contributed by atoms with van der Waals surface area (Å²) < 4.78 is 11.2. The maximum atomic E-state index is 11.9. The molecule has 0 saturated heterocycles. The van der Waals surface area contributed by atoms with Gasteiger partial charge in [-0.25, -0.2) is 4.79 Å². The number of hydrogen-bond donors (Lipinski definition) is 1. The summed E-state index contributed by atoms with van der Waals surface area (Å²) in [6.45, 7) is 0.253. The summed E-state index contributed by atoms with van der Waals surface area (Å²) in [6, 6.07) is 9.25. The zero-order chi connectivity index (χ0) is 18.4. The molecule has 25 heavy (non-hydrogen) atoms. The molecular formula is C17H13BrCl2O5. The van der Waals surface area contributed by atoms with Crippen LogP contribution >= 0.6 is 39.1 Å².